The summed E-state index contributed by atoms with van der Waals surface area (Å²) in [6, 6.07) is 4.95. The number of hydrogen-bond acceptors (Lipinski definition) is 4. The van der Waals surface area contributed by atoms with Gasteiger partial charge in [-0.15, -0.1) is 0 Å². The molecule has 2 heterocycles. The molecule has 2 aromatic heterocycles. The van der Waals surface area contributed by atoms with Crippen molar-refractivity contribution in [2.75, 3.05) is 0 Å². The van der Waals surface area contributed by atoms with Crippen LogP contribution in [0.25, 0.3) is 11.5 Å². The minimum atomic E-state index is -1.07. The zero-order valence-electron chi connectivity index (χ0n) is 8.89. The molecule has 0 aliphatic carbocycles. The predicted molar refractivity (Wildman–Crippen MR) is 56.2 cm³/mol. The summed E-state index contributed by atoms with van der Waals surface area (Å²) in [7, 11) is 0. The normalized spacial score (nSPS) is 10.4. The molecule has 0 atom stereocenters. The number of furan rings is 1. The average Bonchev–Trinajstić information content (AvgIpc) is 2.64. The van der Waals surface area contributed by atoms with Crippen LogP contribution in [0.4, 0.5) is 0 Å². The molecule has 16 heavy (non-hydrogen) atoms. The fourth-order valence-electron chi connectivity index (χ4n) is 1.38. The molecular weight excluding hydrogens is 208 g/mol. The molecule has 0 unspecified atom stereocenters. The number of nitrogens with zero attached hydrogens (tertiary/aromatic N) is 2. The highest BCUT2D eigenvalue weighted by Gasteiger charge is 2.11. The van der Waals surface area contributed by atoms with Gasteiger partial charge in [-0.3, -0.25) is 0 Å². The predicted octanol–water partition coefficient (Wildman–Crippen LogP) is 2.05. The number of rotatable bonds is 2. The third kappa shape index (κ3) is 1.93. The Labute approximate surface area is 91.8 Å². The molecule has 0 spiro atoms. The Kier molecular flexibility index (Phi) is 2.44. The van der Waals surface area contributed by atoms with Gasteiger partial charge in [-0.1, -0.05) is 0 Å². The van der Waals surface area contributed by atoms with E-state index in [0.717, 1.165) is 5.76 Å². The first kappa shape index (κ1) is 10.4. The first-order valence-corrected chi connectivity index (χ1v) is 4.72. The van der Waals surface area contributed by atoms with Crippen molar-refractivity contribution in [1.82, 2.24) is 9.97 Å². The highest BCUT2D eigenvalue weighted by atomic mass is 16.4. The molecule has 0 fully saturated rings. The van der Waals surface area contributed by atoms with E-state index < -0.39 is 5.97 Å². The Morgan fingerprint density at radius 2 is 2.06 bits per heavy atom. The van der Waals surface area contributed by atoms with Gasteiger partial charge in [0.1, 0.15) is 17.3 Å². The van der Waals surface area contributed by atoms with Crippen LogP contribution in [0.5, 0.6) is 0 Å². The van der Waals surface area contributed by atoms with Crippen molar-refractivity contribution in [2.24, 2.45) is 0 Å². The lowest BCUT2D eigenvalue weighted by Crippen LogP contribution is -2.03. The van der Waals surface area contributed by atoms with Crippen molar-refractivity contribution >= 4 is 5.97 Å². The number of aromatic carboxylic acids is 1. The molecule has 82 valence electrons. The number of carboxylic acid groups (broad SMARTS) is 1. The van der Waals surface area contributed by atoms with Gasteiger partial charge in [0.15, 0.2) is 11.5 Å². The third-order valence-electron chi connectivity index (χ3n) is 2.05. The SMILES string of the molecule is Cc1nc(C(=O)O)cc(-c2ccc(C)o2)n1. The largest absolute Gasteiger partial charge is 0.477 e. The van der Waals surface area contributed by atoms with Crippen molar-refractivity contribution in [1.29, 1.82) is 0 Å². The monoisotopic (exact) mass is 218 g/mol. The lowest BCUT2D eigenvalue weighted by Gasteiger charge is -2.00. The molecule has 0 amide bonds. The molecule has 1 N–H and O–H groups in total. The molecule has 0 aliphatic heterocycles. The summed E-state index contributed by atoms with van der Waals surface area (Å²) in [5, 5.41) is 8.86. The molecule has 0 aromatic carbocycles. The summed E-state index contributed by atoms with van der Waals surface area (Å²) < 4.78 is 5.38. The van der Waals surface area contributed by atoms with Crippen molar-refractivity contribution in [2.45, 2.75) is 13.8 Å². The van der Waals surface area contributed by atoms with Crippen LogP contribution in [0.1, 0.15) is 22.1 Å². The number of carbonyl (C=O) groups is 1. The van der Waals surface area contributed by atoms with Crippen LogP contribution in [-0.4, -0.2) is 21.0 Å². The molecule has 0 radical (unpaired) electrons. The highest BCUT2D eigenvalue weighted by molar-refractivity contribution is 5.86. The summed E-state index contributed by atoms with van der Waals surface area (Å²) in [5.74, 6) is 0.632. The van der Waals surface area contributed by atoms with Gasteiger partial charge in [0.2, 0.25) is 0 Å². The lowest BCUT2D eigenvalue weighted by molar-refractivity contribution is 0.0690. The number of aryl methyl sites for hydroxylation is 2. The lowest BCUT2D eigenvalue weighted by atomic mass is 10.2. The van der Waals surface area contributed by atoms with E-state index in [1.165, 1.54) is 6.07 Å². The number of hydrogen-bond donors (Lipinski definition) is 1. The molecular formula is C11H10N2O3. The maximum atomic E-state index is 10.8. The molecule has 5 heteroatoms. The zero-order valence-corrected chi connectivity index (χ0v) is 8.89. The Morgan fingerprint density at radius 1 is 1.31 bits per heavy atom. The summed E-state index contributed by atoms with van der Waals surface area (Å²) >= 11 is 0. The van der Waals surface area contributed by atoms with Gasteiger partial charge in [-0.2, -0.15) is 0 Å². The fraction of sp³-hybridized carbons (Fsp3) is 0.182. The highest BCUT2D eigenvalue weighted by Crippen LogP contribution is 2.20. The first-order valence-electron chi connectivity index (χ1n) is 4.72. The topological polar surface area (TPSA) is 76.2 Å². The van der Waals surface area contributed by atoms with Crippen molar-refractivity contribution in [3.63, 3.8) is 0 Å². The van der Waals surface area contributed by atoms with Gasteiger partial charge < -0.3 is 9.52 Å². The van der Waals surface area contributed by atoms with Crippen molar-refractivity contribution < 1.29 is 14.3 Å². The Hall–Kier alpha value is -2.17. The first-order chi connectivity index (χ1) is 7.56. The molecule has 0 bridgehead atoms. The van der Waals surface area contributed by atoms with E-state index >= 15 is 0 Å². The van der Waals surface area contributed by atoms with E-state index in [4.69, 9.17) is 9.52 Å². The van der Waals surface area contributed by atoms with Crippen LogP contribution in [0, 0.1) is 13.8 Å². The van der Waals surface area contributed by atoms with Gasteiger partial charge in [-0.25, -0.2) is 14.8 Å². The Morgan fingerprint density at radius 3 is 2.62 bits per heavy atom. The second-order valence-electron chi connectivity index (χ2n) is 3.40. The van der Waals surface area contributed by atoms with Crippen LogP contribution >= 0.6 is 0 Å². The van der Waals surface area contributed by atoms with Crippen LogP contribution in [0.2, 0.25) is 0 Å². The third-order valence-corrected chi connectivity index (χ3v) is 2.05. The van der Waals surface area contributed by atoms with Gasteiger partial charge in [0.05, 0.1) is 0 Å². The van der Waals surface area contributed by atoms with Crippen LogP contribution in [0.3, 0.4) is 0 Å². The Bertz CT molecular complexity index is 546. The summed E-state index contributed by atoms with van der Waals surface area (Å²) in [6.07, 6.45) is 0. The zero-order chi connectivity index (χ0) is 11.7. The standard InChI is InChI=1S/C11H10N2O3/c1-6-3-4-10(16-6)8-5-9(11(14)15)13-7(2)12-8/h3-5H,1-2H3,(H,14,15). The quantitative estimate of drug-likeness (QED) is 0.834. The average molecular weight is 218 g/mol. The van der Waals surface area contributed by atoms with Gasteiger partial charge in [0.25, 0.3) is 0 Å². The minimum Gasteiger partial charge on any atom is -0.477 e. The van der Waals surface area contributed by atoms with Crippen LogP contribution in [-0.2, 0) is 0 Å². The molecule has 2 rings (SSSR count). The molecule has 0 saturated carbocycles. The van der Waals surface area contributed by atoms with E-state index in [2.05, 4.69) is 9.97 Å². The molecule has 0 aliphatic rings. The fourth-order valence-corrected chi connectivity index (χ4v) is 1.38. The van der Waals surface area contributed by atoms with Crippen LogP contribution < -0.4 is 0 Å². The smallest absolute Gasteiger partial charge is 0.354 e. The molecule has 2 aromatic rings. The minimum absolute atomic E-state index is 0.0310. The van der Waals surface area contributed by atoms with E-state index in [-0.39, 0.29) is 5.69 Å². The second-order valence-corrected chi connectivity index (χ2v) is 3.40. The Balaban J connectivity index is 2.53. The molecule has 5 nitrogen and oxygen atoms in total. The summed E-state index contributed by atoms with van der Waals surface area (Å²) in [6.45, 7) is 3.46. The second kappa shape index (κ2) is 3.77. The van der Waals surface area contributed by atoms with Gasteiger partial charge in [0, 0.05) is 6.07 Å². The van der Waals surface area contributed by atoms with E-state index in [9.17, 15) is 4.79 Å². The maximum Gasteiger partial charge on any atom is 0.354 e. The summed E-state index contributed by atoms with van der Waals surface area (Å²) in [4.78, 5) is 18.8. The van der Waals surface area contributed by atoms with Crippen molar-refractivity contribution in [3.8, 4) is 11.5 Å². The van der Waals surface area contributed by atoms with Gasteiger partial charge >= 0.3 is 5.97 Å². The van der Waals surface area contributed by atoms with E-state index in [1.807, 2.05) is 6.92 Å². The van der Waals surface area contributed by atoms with Crippen LogP contribution in [0.15, 0.2) is 22.6 Å². The van der Waals surface area contributed by atoms with Gasteiger partial charge in [-0.05, 0) is 26.0 Å². The van der Waals surface area contributed by atoms with E-state index in [1.54, 1.807) is 19.1 Å². The van der Waals surface area contributed by atoms with Crippen molar-refractivity contribution in [3.05, 3.63) is 35.5 Å². The van der Waals surface area contributed by atoms with E-state index in [0.29, 0.717) is 17.3 Å². The number of aromatic nitrogens is 2. The summed E-state index contributed by atoms with van der Waals surface area (Å²) in [5.41, 5.74) is 0.453. The number of carboxylic acids is 1. The maximum absolute atomic E-state index is 10.8. The molecule has 0 saturated heterocycles.